The van der Waals surface area contributed by atoms with E-state index in [1.165, 1.54) is 14.0 Å². The quantitative estimate of drug-likeness (QED) is 0.0777. The third-order valence-electron chi connectivity index (χ3n) is 10.7. The maximum absolute atomic E-state index is 14.1. The second kappa shape index (κ2) is 22.7. The van der Waals surface area contributed by atoms with Crippen molar-refractivity contribution in [3.05, 3.63) is 113 Å². The van der Waals surface area contributed by atoms with Gasteiger partial charge in [0.2, 0.25) is 5.91 Å². The first-order chi connectivity index (χ1) is 29.3. The average molecular weight is 844 g/mol. The number of aliphatic hydroxyl groups is 1. The van der Waals surface area contributed by atoms with Crippen molar-refractivity contribution >= 4 is 35.1 Å². The third kappa shape index (κ3) is 12.5. The van der Waals surface area contributed by atoms with Crippen LogP contribution in [-0.2, 0) is 65.5 Å². The summed E-state index contributed by atoms with van der Waals surface area (Å²) in [6.07, 6.45) is -5.36. The van der Waals surface area contributed by atoms with Gasteiger partial charge in [-0.2, -0.15) is 0 Å². The van der Waals surface area contributed by atoms with E-state index in [9.17, 15) is 29.1 Å². The summed E-state index contributed by atoms with van der Waals surface area (Å²) < 4.78 is 41.7. The Balaban J connectivity index is 1.35. The molecule has 0 aliphatic carbocycles. The lowest BCUT2D eigenvalue weighted by Gasteiger charge is -2.45. The van der Waals surface area contributed by atoms with Crippen molar-refractivity contribution in [2.75, 3.05) is 26.9 Å². The Kier molecular flexibility index (Phi) is 17.5. The molecule has 2 aliphatic rings. The van der Waals surface area contributed by atoms with Gasteiger partial charge >= 0.3 is 12.1 Å². The Hall–Kier alpha value is -5.09. The predicted octanol–water partition coefficient (Wildman–Crippen LogP) is 5.79. The van der Waals surface area contributed by atoms with Crippen LogP contribution in [0.3, 0.4) is 0 Å². The molecule has 3 aromatic rings. The van der Waals surface area contributed by atoms with Crippen LogP contribution in [0.15, 0.2) is 91.0 Å². The number of cyclic esters (lactones) is 1. The predicted molar refractivity (Wildman–Crippen MR) is 222 cm³/mol. The van der Waals surface area contributed by atoms with Crippen LogP contribution in [0.1, 0.15) is 62.8 Å². The first-order valence-electron chi connectivity index (χ1n) is 20.6. The summed E-state index contributed by atoms with van der Waals surface area (Å²) in [5.41, 5.74) is 3.15. The highest BCUT2D eigenvalue weighted by molar-refractivity contribution is 6.25. The number of amides is 2. The molecule has 0 radical (unpaired) electrons. The van der Waals surface area contributed by atoms with Crippen molar-refractivity contribution < 1.29 is 62.2 Å². The maximum atomic E-state index is 14.1. The van der Waals surface area contributed by atoms with E-state index in [0.29, 0.717) is 5.56 Å². The second-order valence-corrected chi connectivity index (χ2v) is 15.6. The van der Waals surface area contributed by atoms with Gasteiger partial charge in [0.15, 0.2) is 24.0 Å². The molecule has 0 saturated carbocycles. The fourth-order valence-electron chi connectivity index (χ4n) is 7.38. The lowest BCUT2D eigenvalue weighted by Crippen LogP contribution is -2.61. The van der Waals surface area contributed by atoms with Gasteiger partial charge in [-0.05, 0) is 49.0 Å². The van der Waals surface area contributed by atoms with E-state index in [-0.39, 0.29) is 57.4 Å². The first kappa shape index (κ1) is 47.0. The van der Waals surface area contributed by atoms with Crippen molar-refractivity contribution in [1.82, 2.24) is 4.90 Å². The standard InChI is InChI=1S/C47H57NO13/c1-29(2)37-28-59-47(54)48(37)45(53)31(4)41(60-32(5)50)39(52)24-36(35-20-13-15-30(3)23-35)38(51)21-14-22-56-44-43(58-27-34-18-11-8-12-19-34)42(40(25-49)61-46(44)55-6)57-26-33-16-9-7-10-17-33/h7-13,15-20,23-24,29,31,37,40-44,46,49H,14,21-22,25-28H2,1-6H3/t31-,37+,40-,41-,42-,43+,44+,46+/m1/s1. The van der Waals surface area contributed by atoms with Crippen molar-refractivity contribution in [2.45, 2.75) is 104 Å². The van der Waals surface area contributed by atoms with Gasteiger partial charge in [-0.3, -0.25) is 19.2 Å². The van der Waals surface area contributed by atoms with Crippen molar-refractivity contribution in [3.63, 3.8) is 0 Å². The van der Waals surface area contributed by atoms with Crippen molar-refractivity contribution in [2.24, 2.45) is 11.8 Å². The molecule has 61 heavy (non-hydrogen) atoms. The number of benzene rings is 3. The summed E-state index contributed by atoms with van der Waals surface area (Å²) in [5, 5.41) is 10.4. The van der Waals surface area contributed by atoms with Crippen LogP contribution in [0.2, 0.25) is 0 Å². The Bertz CT molecular complexity index is 1970. The van der Waals surface area contributed by atoms with Gasteiger partial charge in [-0.1, -0.05) is 104 Å². The molecule has 1 N–H and O–H groups in total. The molecule has 0 aromatic heterocycles. The van der Waals surface area contributed by atoms with Gasteiger partial charge in [0.05, 0.1) is 31.8 Å². The average Bonchev–Trinajstić information content (AvgIpc) is 3.65. The zero-order valence-electron chi connectivity index (χ0n) is 35.6. The summed E-state index contributed by atoms with van der Waals surface area (Å²) in [5.74, 6) is -4.18. The Morgan fingerprint density at radius 2 is 1.51 bits per heavy atom. The fraction of sp³-hybridized carbons (Fsp3) is 0.468. The highest BCUT2D eigenvalue weighted by Crippen LogP contribution is 2.31. The van der Waals surface area contributed by atoms with Gasteiger partial charge in [0.1, 0.15) is 31.0 Å². The van der Waals surface area contributed by atoms with E-state index in [1.807, 2.05) is 87.5 Å². The van der Waals surface area contributed by atoms with E-state index < -0.39 is 78.3 Å². The monoisotopic (exact) mass is 843 g/mol. The molecule has 0 bridgehead atoms. The smallest absolute Gasteiger partial charge is 0.416 e. The number of rotatable bonds is 21. The van der Waals surface area contributed by atoms with Gasteiger partial charge < -0.3 is 38.3 Å². The number of methoxy groups -OCH3 is 1. The number of imide groups is 1. The molecule has 328 valence electrons. The number of carbonyl (C=O) groups is 5. The Labute approximate surface area is 357 Å². The number of Topliss-reactive ketones (excluding diaryl/α,β-unsaturated/α-hetero) is 1. The SMILES string of the molecule is CO[C@H]1O[C@H](CO)[C@@H](OCc2ccccc2)[C@H](OCc2ccccc2)[C@@H]1OCCCC(=O)C(=CC(=O)[C@H](OC(C)=O)[C@@H](C)C(=O)N1C(=O)OC[C@H]1C(C)C)c1cccc(C)c1. The number of aliphatic hydroxyl groups excluding tert-OH is 1. The molecule has 2 fully saturated rings. The highest BCUT2D eigenvalue weighted by atomic mass is 16.7. The van der Waals surface area contributed by atoms with E-state index >= 15 is 0 Å². The number of hydrogen-bond donors (Lipinski definition) is 1. The molecule has 14 heteroatoms. The van der Waals surface area contributed by atoms with Gasteiger partial charge in [-0.25, -0.2) is 9.69 Å². The van der Waals surface area contributed by atoms with Crippen LogP contribution in [0.4, 0.5) is 4.79 Å². The summed E-state index contributed by atoms with van der Waals surface area (Å²) in [6.45, 7) is 8.13. The van der Waals surface area contributed by atoms with Crippen molar-refractivity contribution in [3.8, 4) is 0 Å². The van der Waals surface area contributed by atoms with Crippen LogP contribution >= 0.6 is 0 Å². The third-order valence-corrected chi connectivity index (χ3v) is 10.7. The number of carbonyl (C=O) groups excluding carboxylic acids is 5. The van der Waals surface area contributed by atoms with Crippen LogP contribution in [0.5, 0.6) is 0 Å². The summed E-state index contributed by atoms with van der Waals surface area (Å²) >= 11 is 0. The number of ketones is 2. The summed E-state index contributed by atoms with van der Waals surface area (Å²) in [6, 6.07) is 25.6. The first-order valence-corrected chi connectivity index (χ1v) is 20.6. The Morgan fingerprint density at radius 1 is 0.869 bits per heavy atom. The van der Waals surface area contributed by atoms with E-state index in [2.05, 4.69) is 0 Å². The molecule has 2 saturated heterocycles. The number of allylic oxidation sites excluding steroid dienone is 1. The zero-order chi connectivity index (χ0) is 44.1. The number of ether oxygens (including phenoxy) is 7. The summed E-state index contributed by atoms with van der Waals surface area (Å²) in [7, 11) is 1.46. The number of aryl methyl sites for hydroxylation is 1. The van der Waals surface area contributed by atoms with E-state index in [0.717, 1.165) is 34.6 Å². The molecule has 8 atom stereocenters. The van der Waals surface area contributed by atoms with Crippen LogP contribution in [-0.4, -0.2) is 109 Å². The van der Waals surface area contributed by atoms with Crippen LogP contribution in [0.25, 0.3) is 5.57 Å². The fourth-order valence-corrected chi connectivity index (χ4v) is 7.38. The van der Waals surface area contributed by atoms with Crippen molar-refractivity contribution in [1.29, 1.82) is 0 Å². The number of esters is 1. The second-order valence-electron chi connectivity index (χ2n) is 15.6. The zero-order valence-corrected chi connectivity index (χ0v) is 35.6. The molecule has 2 amide bonds. The molecule has 3 aromatic carbocycles. The van der Waals surface area contributed by atoms with Gasteiger partial charge in [-0.15, -0.1) is 0 Å². The minimum atomic E-state index is -1.63. The molecule has 14 nitrogen and oxygen atoms in total. The molecule has 0 spiro atoms. The minimum Gasteiger partial charge on any atom is -0.453 e. The lowest BCUT2D eigenvalue weighted by molar-refractivity contribution is -0.319. The lowest BCUT2D eigenvalue weighted by atomic mass is 9.92. The molecule has 2 aliphatic heterocycles. The minimum absolute atomic E-state index is 0.00379. The van der Waals surface area contributed by atoms with Gasteiger partial charge in [0.25, 0.3) is 0 Å². The number of nitrogens with zero attached hydrogens (tertiary/aromatic N) is 1. The van der Waals surface area contributed by atoms with Crippen LogP contribution in [0, 0.1) is 18.8 Å². The topological polar surface area (TPSA) is 173 Å². The molecule has 5 rings (SSSR count). The van der Waals surface area contributed by atoms with Gasteiger partial charge in [0, 0.05) is 32.6 Å². The number of hydrogen-bond acceptors (Lipinski definition) is 13. The molecule has 2 heterocycles. The highest BCUT2D eigenvalue weighted by Gasteiger charge is 2.49. The van der Waals surface area contributed by atoms with Crippen LogP contribution < -0.4 is 0 Å². The Morgan fingerprint density at radius 3 is 2.08 bits per heavy atom. The molecule has 0 unspecified atom stereocenters. The molecular formula is C47H57NO13. The van der Waals surface area contributed by atoms with E-state index in [1.54, 1.807) is 18.2 Å². The maximum Gasteiger partial charge on any atom is 0.416 e. The normalized spacial score (nSPS) is 22.7. The summed E-state index contributed by atoms with van der Waals surface area (Å²) in [4.78, 5) is 67.7. The largest absolute Gasteiger partial charge is 0.453 e. The molecular weight excluding hydrogens is 787 g/mol. The van der Waals surface area contributed by atoms with E-state index in [4.69, 9.17) is 33.2 Å².